The molecule has 0 saturated heterocycles. The molecular formula is C6H6N4O. The van der Waals surface area contributed by atoms with Crippen LogP contribution in [0.4, 0.5) is 0 Å². The summed E-state index contributed by atoms with van der Waals surface area (Å²) in [7, 11) is 1.60. The molecule has 0 saturated carbocycles. The van der Waals surface area contributed by atoms with Crippen molar-refractivity contribution in [2.24, 2.45) is 0 Å². The lowest BCUT2D eigenvalue weighted by atomic mass is 10.4. The number of nitrogens with zero attached hydrogens (tertiary/aromatic N) is 4. The van der Waals surface area contributed by atoms with E-state index in [4.69, 9.17) is 4.74 Å². The van der Waals surface area contributed by atoms with Crippen molar-refractivity contribution in [2.75, 3.05) is 7.11 Å². The minimum Gasteiger partial charge on any atom is -0.495 e. The van der Waals surface area contributed by atoms with E-state index in [-0.39, 0.29) is 0 Å². The molecule has 0 aliphatic heterocycles. The third-order valence-corrected chi connectivity index (χ3v) is 1.40. The average Bonchev–Trinajstić information content (AvgIpc) is 2.50. The maximum absolute atomic E-state index is 4.98. The Balaban J connectivity index is 2.67. The molecule has 2 aromatic heterocycles. The summed E-state index contributed by atoms with van der Waals surface area (Å²) >= 11 is 0. The van der Waals surface area contributed by atoms with E-state index in [1.54, 1.807) is 23.9 Å². The summed E-state index contributed by atoms with van der Waals surface area (Å²) in [6, 6.07) is 3.60. The van der Waals surface area contributed by atoms with Crippen LogP contribution in [0.1, 0.15) is 0 Å². The van der Waals surface area contributed by atoms with E-state index >= 15 is 0 Å². The molecule has 56 valence electrons. The summed E-state index contributed by atoms with van der Waals surface area (Å²) in [5, 5.41) is 10.9. The second-order valence-electron chi connectivity index (χ2n) is 2.05. The molecule has 0 aliphatic rings. The molecule has 0 radical (unpaired) electrons. The highest BCUT2D eigenvalue weighted by Gasteiger charge is 1.96. The summed E-state index contributed by atoms with van der Waals surface area (Å²) in [6.45, 7) is 0. The second kappa shape index (κ2) is 2.19. The van der Waals surface area contributed by atoms with Gasteiger partial charge in [-0.2, -0.15) is 4.52 Å². The Kier molecular flexibility index (Phi) is 1.21. The fourth-order valence-corrected chi connectivity index (χ4v) is 0.843. The fourth-order valence-electron chi connectivity index (χ4n) is 0.843. The normalized spacial score (nSPS) is 10.3. The maximum Gasteiger partial charge on any atom is 0.179 e. The van der Waals surface area contributed by atoms with E-state index in [1.807, 2.05) is 6.07 Å². The van der Waals surface area contributed by atoms with Gasteiger partial charge in [-0.25, -0.2) is 0 Å². The van der Waals surface area contributed by atoms with Gasteiger partial charge in [-0.05, 0) is 22.6 Å². The van der Waals surface area contributed by atoms with Crippen molar-refractivity contribution >= 4 is 5.65 Å². The number of pyridine rings is 1. The van der Waals surface area contributed by atoms with Crippen LogP contribution in [0.25, 0.3) is 5.65 Å². The van der Waals surface area contributed by atoms with Gasteiger partial charge in [0.1, 0.15) is 5.75 Å². The molecule has 0 aliphatic carbocycles. The molecule has 5 heteroatoms. The smallest absolute Gasteiger partial charge is 0.179 e. The van der Waals surface area contributed by atoms with E-state index in [0.29, 0.717) is 5.65 Å². The monoisotopic (exact) mass is 150 g/mol. The van der Waals surface area contributed by atoms with Gasteiger partial charge in [0.25, 0.3) is 0 Å². The number of hydrogen-bond donors (Lipinski definition) is 0. The highest BCUT2D eigenvalue weighted by Crippen LogP contribution is 2.08. The van der Waals surface area contributed by atoms with Crippen LogP contribution in [0.2, 0.25) is 0 Å². The van der Waals surface area contributed by atoms with Gasteiger partial charge >= 0.3 is 0 Å². The second-order valence-corrected chi connectivity index (χ2v) is 2.05. The molecule has 0 N–H and O–H groups in total. The first-order valence-corrected chi connectivity index (χ1v) is 3.12. The van der Waals surface area contributed by atoms with Gasteiger partial charge < -0.3 is 4.74 Å². The predicted octanol–water partition coefficient (Wildman–Crippen LogP) is 0.133. The quantitative estimate of drug-likeness (QED) is 0.580. The van der Waals surface area contributed by atoms with E-state index in [0.717, 1.165) is 5.75 Å². The summed E-state index contributed by atoms with van der Waals surface area (Å²) in [5.41, 5.74) is 0.714. The van der Waals surface area contributed by atoms with E-state index in [2.05, 4.69) is 15.5 Å². The predicted molar refractivity (Wildman–Crippen MR) is 37.3 cm³/mol. The van der Waals surface area contributed by atoms with Crippen LogP contribution in [0.3, 0.4) is 0 Å². The molecule has 0 atom stereocenters. The molecule has 2 rings (SSSR count). The van der Waals surface area contributed by atoms with Gasteiger partial charge in [-0.3, -0.25) is 0 Å². The number of hydrogen-bond acceptors (Lipinski definition) is 4. The van der Waals surface area contributed by atoms with Crippen molar-refractivity contribution in [1.29, 1.82) is 0 Å². The molecule has 2 aromatic rings. The Labute approximate surface area is 62.6 Å². The highest BCUT2D eigenvalue weighted by atomic mass is 16.5. The van der Waals surface area contributed by atoms with Crippen LogP contribution in [0.5, 0.6) is 5.75 Å². The highest BCUT2D eigenvalue weighted by molar-refractivity contribution is 5.38. The SMILES string of the molecule is COc1ccc2nnnn2c1. The molecule has 0 unspecified atom stereocenters. The van der Waals surface area contributed by atoms with Gasteiger partial charge in [-0.1, -0.05) is 0 Å². The number of fused-ring (bicyclic) bond motifs is 1. The zero-order valence-electron chi connectivity index (χ0n) is 5.93. The lowest BCUT2D eigenvalue weighted by Gasteiger charge is -1.96. The topological polar surface area (TPSA) is 52.3 Å². The van der Waals surface area contributed by atoms with Gasteiger partial charge in [0.05, 0.1) is 13.3 Å². The zero-order chi connectivity index (χ0) is 7.68. The standard InChI is InChI=1S/C6H6N4O/c1-11-5-2-3-6-7-8-9-10(6)4-5/h2-4H,1H3. The molecule has 0 fully saturated rings. The van der Waals surface area contributed by atoms with Crippen LogP contribution in [0, 0.1) is 0 Å². The van der Waals surface area contributed by atoms with Crippen molar-refractivity contribution in [3.63, 3.8) is 0 Å². The van der Waals surface area contributed by atoms with Crippen molar-refractivity contribution in [3.8, 4) is 5.75 Å². The Morgan fingerprint density at radius 2 is 2.36 bits per heavy atom. The third kappa shape index (κ3) is 0.899. The van der Waals surface area contributed by atoms with Crippen LogP contribution in [0.15, 0.2) is 18.3 Å². The van der Waals surface area contributed by atoms with Crippen LogP contribution in [-0.2, 0) is 0 Å². The van der Waals surface area contributed by atoms with E-state index in [1.165, 1.54) is 0 Å². The van der Waals surface area contributed by atoms with Crippen molar-refractivity contribution in [1.82, 2.24) is 20.0 Å². The summed E-state index contributed by atoms with van der Waals surface area (Å²) in [6.07, 6.45) is 1.72. The Bertz CT molecular complexity index is 369. The molecule has 0 spiro atoms. The van der Waals surface area contributed by atoms with E-state index in [9.17, 15) is 0 Å². The molecule has 0 amide bonds. The third-order valence-electron chi connectivity index (χ3n) is 1.40. The first-order chi connectivity index (χ1) is 5.40. The molecule has 2 heterocycles. The lowest BCUT2D eigenvalue weighted by molar-refractivity contribution is 0.411. The summed E-state index contributed by atoms with van der Waals surface area (Å²) in [5.74, 6) is 0.741. The number of ether oxygens (including phenoxy) is 1. The molecule has 11 heavy (non-hydrogen) atoms. The summed E-state index contributed by atoms with van der Waals surface area (Å²) in [4.78, 5) is 0. The van der Waals surface area contributed by atoms with Gasteiger partial charge in [-0.15, -0.1) is 5.10 Å². The van der Waals surface area contributed by atoms with Gasteiger partial charge in [0, 0.05) is 0 Å². The molecule has 0 bridgehead atoms. The van der Waals surface area contributed by atoms with Gasteiger partial charge in [0.15, 0.2) is 5.65 Å². The molecule has 0 aromatic carbocycles. The summed E-state index contributed by atoms with van der Waals surface area (Å²) < 4.78 is 6.53. The zero-order valence-corrected chi connectivity index (χ0v) is 5.93. The molecular weight excluding hydrogens is 144 g/mol. The van der Waals surface area contributed by atoms with Crippen molar-refractivity contribution in [2.45, 2.75) is 0 Å². The van der Waals surface area contributed by atoms with Crippen LogP contribution < -0.4 is 4.74 Å². The Morgan fingerprint density at radius 1 is 1.45 bits per heavy atom. The molecule has 5 nitrogen and oxygen atoms in total. The average molecular weight is 150 g/mol. The number of tetrazole rings is 1. The Morgan fingerprint density at radius 3 is 3.18 bits per heavy atom. The minimum absolute atomic E-state index is 0.714. The lowest BCUT2D eigenvalue weighted by Crippen LogP contribution is -1.89. The van der Waals surface area contributed by atoms with E-state index < -0.39 is 0 Å². The number of rotatable bonds is 1. The first kappa shape index (κ1) is 6.09. The van der Waals surface area contributed by atoms with Crippen LogP contribution >= 0.6 is 0 Å². The van der Waals surface area contributed by atoms with Gasteiger partial charge in [0.2, 0.25) is 0 Å². The number of aromatic nitrogens is 4. The minimum atomic E-state index is 0.714. The Hall–Kier alpha value is -1.65. The van der Waals surface area contributed by atoms with Crippen molar-refractivity contribution < 1.29 is 4.74 Å². The maximum atomic E-state index is 4.98. The fraction of sp³-hybridized carbons (Fsp3) is 0.167. The largest absolute Gasteiger partial charge is 0.495 e. The van der Waals surface area contributed by atoms with Crippen LogP contribution in [-0.4, -0.2) is 27.2 Å². The van der Waals surface area contributed by atoms with Crippen molar-refractivity contribution in [3.05, 3.63) is 18.3 Å². The first-order valence-electron chi connectivity index (χ1n) is 3.12. The number of methoxy groups -OCH3 is 1.